The lowest BCUT2D eigenvalue weighted by molar-refractivity contribution is 0.0675. The van der Waals surface area contributed by atoms with Crippen LogP contribution in [0, 0.1) is 23.3 Å². The van der Waals surface area contributed by atoms with E-state index in [0.29, 0.717) is 12.1 Å². The second-order valence-electron chi connectivity index (χ2n) is 4.35. The highest BCUT2D eigenvalue weighted by Gasteiger charge is 2.18. The van der Waals surface area contributed by atoms with Gasteiger partial charge in [0.1, 0.15) is 23.3 Å². The van der Waals surface area contributed by atoms with Crippen molar-refractivity contribution in [2.75, 3.05) is 0 Å². The van der Waals surface area contributed by atoms with Gasteiger partial charge in [0.15, 0.2) is 0 Å². The molecule has 10 heteroatoms. The maximum atomic E-state index is 12.7. The molecule has 0 bridgehead atoms. The third kappa shape index (κ3) is 5.03. The number of hydrogen-bond donors (Lipinski definition) is 3. The first-order valence-corrected chi connectivity index (χ1v) is 6.18. The van der Waals surface area contributed by atoms with Crippen LogP contribution in [0.25, 0.3) is 0 Å². The van der Waals surface area contributed by atoms with Gasteiger partial charge in [0.2, 0.25) is 0 Å². The third-order valence-electron chi connectivity index (χ3n) is 2.68. The number of aromatic carboxylic acids is 3. The summed E-state index contributed by atoms with van der Waals surface area (Å²) in [6.07, 6.45) is 0. The average molecular weight is 360 g/mol. The quantitative estimate of drug-likeness (QED) is 0.726. The van der Waals surface area contributed by atoms with Crippen molar-refractivity contribution in [2.24, 2.45) is 0 Å². The summed E-state index contributed by atoms with van der Waals surface area (Å²) in [4.78, 5) is 30.9. The van der Waals surface area contributed by atoms with E-state index in [1.54, 1.807) is 0 Å². The molecule has 0 radical (unpaired) electrons. The number of hydrogen-bond acceptors (Lipinski definition) is 3. The van der Waals surface area contributed by atoms with Gasteiger partial charge in [0, 0.05) is 12.1 Å². The molecule has 0 atom stereocenters. The van der Waals surface area contributed by atoms with E-state index >= 15 is 0 Å². The Morgan fingerprint density at radius 1 is 0.600 bits per heavy atom. The maximum absolute atomic E-state index is 12.7. The lowest BCUT2D eigenvalue weighted by atomic mass is 10.1. The summed E-state index contributed by atoms with van der Waals surface area (Å²) in [5.74, 6) is -9.15. The normalized spacial score (nSPS) is 9.76. The Morgan fingerprint density at radius 3 is 1.36 bits per heavy atom. The van der Waals surface area contributed by atoms with E-state index in [1.165, 1.54) is 0 Å². The van der Waals surface area contributed by atoms with Crippen molar-refractivity contribution in [2.45, 2.75) is 0 Å². The molecule has 0 saturated carbocycles. The van der Waals surface area contributed by atoms with E-state index in [1.807, 2.05) is 0 Å². The van der Waals surface area contributed by atoms with Crippen LogP contribution in [0.3, 0.4) is 0 Å². The molecule has 2 aromatic carbocycles. The molecule has 25 heavy (non-hydrogen) atoms. The molecule has 0 aliphatic rings. The molecule has 2 rings (SSSR count). The molecule has 2 aromatic rings. The molecule has 132 valence electrons. The molecule has 6 nitrogen and oxygen atoms in total. The second-order valence-corrected chi connectivity index (χ2v) is 4.35. The molecule has 0 spiro atoms. The first-order chi connectivity index (χ1) is 11.5. The highest BCUT2D eigenvalue weighted by atomic mass is 19.1. The smallest absolute Gasteiger partial charge is 0.338 e. The van der Waals surface area contributed by atoms with Crippen molar-refractivity contribution < 1.29 is 47.3 Å². The summed E-state index contributed by atoms with van der Waals surface area (Å²) < 4.78 is 50.1. The van der Waals surface area contributed by atoms with Gasteiger partial charge in [-0.05, 0) is 18.2 Å². The second kappa shape index (κ2) is 7.90. The molecule has 0 aliphatic heterocycles. The SMILES string of the molecule is O=C(O)c1cc(C(=O)O)c(F)cc1F.O=C(O)c1ccc(F)cc1F. The Morgan fingerprint density at radius 2 is 1.00 bits per heavy atom. The topological polar surface area (TPSA) is 112 Å². The Balaban J connectivity index is 0.000000257. The highest BCUT2D eigenvalue weighted by molar-refractivity contribution is 5.94. The van der Waals surface area contributed by atoms with Gasteiger partial charge in [-0.15, -0.1) is 0 Å². The zero-order chi connectivity index (χ0) is 19.3. The fraction of sp³-hybridized carbons (Fsp3) is 0. The average Bonchev–Trinajstić information content (AvgIpc) is 2.46. The molecule has 0 saturated heterocycles. The van der Waals surface area contributed by atoms with Crippen molar-refractivity contribution >= 4 is 17.9 Å². The summed E-state index contributed by atoms with van der Waals surface area (Å²) in [5, 5.41) is 25.1. The van der Waals surface area contributed by atoms with E-state index in [4.69, 9.17) is 15.3 Å². The van der Waals surface area contributed by atoms with Gasteiger partial charge in [0.25, 0.3) is 0 Å². The van der Waals surface area contributed by atoms with Crippen LogP contribution in [0.4, 0.5) is 17.6 Å². The van der Waals surface area contributed by atoms with Gasteiger partial charge in [-0.1, -0.05) is 0 Å². The number of carbonyl (C=O) groups is 3. The lowest BCUT2D eigenvalue weighted by Gasteiger charge is -2.00. The van der Waals surface area contributed by atoms with E-state index in [0.717, 1.165) is 12.1 Å². The highest BCUT2D eigenvalue weighted by Crippen LogP contribution is 2.15. The molecule has 0 amide bonds. The molecule has 0 fully saturated rings. The lowest BCUT2D eigenvalue weighted by Crippen LogP contribution is -2.07. The van der Waals surface area contributed by atoms with Gasteiger partial charge in [-0.2, -0.15) is 0 Å². The zero-order valence-electron chi connectivity index (χ0n) is 12.0. The predicted octanol–water partition coefficient (Wildman–Crippen LogP) is 3.02. The van der Waals surface area contributed by atoms with E-state index in [-0.39, 0.29) is 6.07 Å². The number of carboxylic acids is 3. The fourth-order valence-electron chi connectivity index (χ4n) is 1.54. The van der Waals surface area contributed by atoms with Crippen molar-refractivity contribution in [1.82, 2.24) is 0 Å². The van der Waals surface area contributed by atoms with Crippen LogP contribution in [0.15, 0.2) is 30.3 Å². The standard InChI is InChI=1S/C8H4F2O4.C7H4F2O2/c9-5-2-6(10)4(8(13)14)1-3(5)7(11)12;8-4-1-2-5(7(10)11)6(9)3-4/h1-2H,(H,11,12)(H,13,14);1-3H,(H,10,11). The van der Waals surface area contributed by atoms with Crippen LogP contribution >= 0.6 is 0 Å². The van der Waals surface area contributed by atoms with Crippen molar-refractivity contribution in [3.8, 4) is 0 Å². The first kappa shape index (κ1) is 19.6. The minimum absolute atomic E-state index is 0.229. The van der Waals surface area contributed by atoms with Gasteiger partial charge < -0.3 is 15.3 Å². The van der Waals surface area contributed by atoms with Crippen LogP contribution in [0.2, 0.25) is 0 Å². The monoisotopic (exact) mass is 360 g/mol. The summed E-state index contributed by atoms with van der Waals surface area (Å²) in [6.45, 7) is 0. The molecule has 0 aliphatic carbocycles. The number of carboxylic acid groups (broad SMARTS) is 3. The van der Waals surface area contributed by atoms with Crippen LogP contribution in [-0.2, 0) is 0 Å². The van der Waals surface area contributed by atoms with Crippen LogP contribution in [-0.4, -0.2) is 33.2 Å². The Labute approximate surface area is 136 Å². The number of halogens is 4. The molecule has 3 N–H and O–H groups in total. The first-order valence-electron chi connectivity index (χ1n) is 6.18. The Bertz CT molecular complexity index is 815. The molecule has 0 aromatic heterocycles. The Hall–Kier alpha value is -3.43. The Kier molecular flexibility index (Phi) is 6.20. The van der Waals surface area contributed by atoms with E-state index in [9.17, 15) is 31.9 Å². The number of rotatable bonds is 3. The minimum atomic E-state index is -1.65. The molecular formula is C15H8F4O6. The molecule has 0 heterocycles. The van der Waals surface area contributed by atoms with Crippen molar-refractivity contribution in [3.63, 3.8) is 0 Å². The summed E-state index contributed by atoms with van der Waals surface area (Å²) in [6, 6.07) is 2.98. The molecule has 0 unspecified atom stereocenters. The summed E-state index contributed by atoms with van der Waals surface area (Å²) >= 11 is 0. The minimum Gasteiger partial charge on any atom is -0.478 e. The van der Waals surface area contributed by atoms with E-state index < -0.39 is 57.9 Å². The van der Waals surface area contributed by atoms with Crippen molar-refractivity contribution in [3.05, 3.63) is 70.3 Å². The van der Waals surface area contributed by atoms with Crippen LogP contribution in [0.5, 0.6) is 0 Å². The van der Waals surface area contributed by atoms with Gasteiger partial charge in [0.05, 0.1) is 16.7 Å². The van der Waals surface area contributed by atoms with Crippen molar-refractivity contribution in [1.29, 1.82) is 0 Å². The predicted molar refractivity (Wildman–Crippen MR) is 73.6 cm³/mol. The largest absolute Gasteiger partial charge is 0.478 e. The summed E-state index contributed by atoms with van der Waals surface area (Å²) in [5.41, 5.74) is -2.26. The van der Waals surface area contributed by atoms with Gasteiger partial charge in [-0.3, -0.25) is 0 Å². The zero-order valence-corrected chi connectivity index (χ0v) is 12.0. The molecular weight excluding hydrogens is 352 g/mol. The summed E-state index contributed by atoms with van der Waals surface area (Å²) in [7, 11) is 0. The maximum Gasteiger partial charge on any atom is 0.338 e. The van der Waals surface area contributed by atoms with Crippen LogP contribution in [0.1, 0.15) is 31.1 Å². The van der Waals surface area contributed by atoms with E-state index in [2.05, 4.69) is 0 Å². The number of benzene rings is 2. The van der Waals surface area contributed by atoms with Gasteiger partial charge >= 0.3 is 17.9 Å². The van der Waals surface area contributed by atoms with Crippen LogP contribution < -0.4 is 0 Å². The third-order valence-corrected chi connectivity index (χ3v) is 2.68. The fourth-order valence-corrected chi connectivity index (χ4v) is 1.54. The van der Waals surface area contributed by atoms with Gasteiger partial charge in [-0.25, -0.2) is 31.9 Å².